The maximum absolute atomic E-state index is 12.6. The van der Waals surface area contributed by atoms with Gasteiger partial charge in [0.05, 0.1) is 5.75 Å². The van der Waals surface area contributed by atoms with Crippen molar-refractivity contribution < 1.29 is 8.42 Å². The lowest BCUT2D eigenvalue weighted by atomic mass is 10.2. The lowest BCUT2D eigenvalue weighted by Crippen LogP contribution is -2.49. The van der Waals surface area contributed by atoms with E-state index in [1.165, 1.54) is 0 Å². The number of thiazole rings is 1. The molecule has 0 spiro atoms. The predicted molar refractivity (Wildman–Crippen MR) is 100 cm³/mol. The zero-order valence-electron chi connectivity index (χ0n) is 13.6. The summed E-state index contributed by atoms with van der Waals surface area (Å²) in [6.45, 7) is 2.26. The summed E-state index contributed by atoms with van der Waals surface area (Å²) in [5.41, 5.74) is 1.71. The Hall–Kier alpha value is -2.03. The van der Waals surface area contributed by atoms with Crippen LogP contribution in [-0.2, 0) is 15.8 Å². The van der Waals surface area contributed by atoms with Crippen LogP contribution in [0.2, 0.25) is 0 Å². The van der Waals surface area contributed by atoms with E-state index in [2.05, 4.69) is 14.9 Å². The SMILES string of the molecule is O=S(=O)(Cc1ccccc1)N1CCN(c2nc3cccnc3s2)CC1. The fourth-order valence-electron chi connectivity index (χ4n) is 2.93. The molecule has 6 nitrogen and oxygen atoms in total. The number of fused-ring (bicyclic) bond motifs is 1. The molecule has 0 atom stereocenters. The fraction of sp³-hybridized carbons (Fsp3) is 0.294. The molecule has 0 saturated carbocycles. The molecule has 0 radical (unpaired) electrons. The van der Waals surface area contributed by atoms with E-state index in [0.29, 0.717) is 26.2 Å². The number of hydrogen-bond donors (Lipinski definition) is 0. The van der Waals surface area contributed by atoms with Gasteiger partial charge < -0.3 is 4.90 Å². The van der Waals surface area contributed by atoms with Crippen molar-refractivity contribution in [3.63, 3.8) is 0 Å². The minimum Gasteiger partial charge on any atom is -0.345 e. The first-order valence-electron chi connectivity index (χ1n) is 8.10. The largest absolute Gasteiger partial charge is 0.345 e. The molecule has 0 unspecified atom stereocenters. The summed E-state index contributed by atoms with van der Waals surface area (Å²) in [4.78, 5) is 12.0. The monoisotopic (exact) mass is 374 g/mol. The van der Waals surface area contributed by atoms with Crippen LogP contribution in [0, 0.1) is 0 Å². The second-order valence-corrected chi connectivity index (χ2v) is 8.88. The van der Waals surface area contributed by atoms with Crippen molar-refractivity contribution in [3.05, 3.63) is 54.2 Å². The Morgan fingerprint density at radius 3 is 2.48 bits per heavy atom. The van der Waals surface area contributed by atoms with Crippen LogP contribution in [-0.4, -0.2) is 48.9 Å². The van der Waals surface area contributed by atoms with Crippen molar-refractivity contribution in [1.29, 1.82) is 0 Å². The van der Waals surface area contributed by atoms with Crippen LogP contribution in [0.15, 0.2) is 48.7 Å². The van der Waals surface area contributed by atoms with E-state index in [4.69, 9.17) is 0 Å². The molecule has 0 amide bonds. The summed E-state index contributed by atoms with van der Waals surface area (Å²) in [5, 5.41) is 0.911. The van der Waals surface area contributed by atoms with Crippen LogP contribution in [0.3, 0.4) is 0 Å². The number of aromatic nitrogens is 2. The molecule has 2 aromatic heterocycles. The van der Waals surface area contributed by atoms with E-state index in [-0.39, 0.29) is 5.75 Å². The first kappa shape index (κ1) is 16.4. The topological polar surface area (TPSA) is 66.4 Å². The van der Waals surface area contributed by atoms with Gasteiger partial charge in [-0.15, -0.1) is 0 Å². The van der Waals surface area contributed by atoms with Crippen LogP contribution >= 0.6 is 11.3 Å². The second kappa shape index (κ2) is 6.70. The van der Waals surface area contributed by atoms with Crippen molar-refractivity contribution in [2.75, 3.05) is 31.1 Å². The summed E-state index contributed by atoms with van der Waals surface area (Å²) >= 11 is 1.55. The average Bonchev–Trinajstić information content (AvgIpc) is 3.06. The minimum atomic E-state index is -3.29. The molecule has 0 N–H and O–H groups in total. The molecule has 3 aromatic rings. The maximum atomic E-state index is 12.6. The molecule has 130 valence electrons. The van der Waals surface area contributed by atoms with Crippen molar-refractivity contribution in [1.82, 2.24) is 14.3 Å². The molecule has 1 aliphatic rings. The number of benzene rings is 1. The van der Waals surface area contributed by atoms with Gasteiger partial charge >= 0.3 is 0 Å². The maximum Gasteiger partial charge on any atom is 0.218 e. The molecule has 1 aromatic carbocycles. The molecule has 25 heavy (non-hydrogen) atoms. The van der Waals surface area contributed by atoms with E-state index in [9.17, 15) is 8.42 Å². The summed E-state index contributed by atoms with van der Waals surface area (Å²) < 4.78 is 26.8. The van der Waals surface area contributed by atoms with Gasteiger partial charge in [0.15, 0.2) is 5.13 Å². The Balaban J connectivity index is 1.44. The van der Waals surface area contributed by atoms with Crippen LogP contribution in [0.1, 0.15) is 5.56 Å². The molecule has 1 fully saturated rings. The predicted octanol–water partition coefficient (Wildman–Crippen LogP) is 2.34. The Kier molecular flexibility index (Phi) is 4.41. The van der Waals surface area contributed by atoms with Crippen molar-refractivity contribution in [3.8, 4) is 0 Å². The van der Waals surface area contributed by atoms with Gasteiger partial charge in [-0.25, -0.2) is 18.4 Å². The summed E-state index contributed by atoms with van der Waals surface area (Å²) in [6.07, 6.45) is 1.76. The lowest BCUT2D eigenvalue weighted by Gasteiger charge is -2.33. The van der Waals surface area contributed by atoms with Crippen molar-refractivity contribution in [2.45, 2.75) is 5.75 Å². The Bertz CT molecular complexity index is 931. The van der Waals surface area contributed by atoms with E-state index < -0.39 is 10.0 Å². The summed E-state index contributed by atoms with van der Waals surface area (Å²) in [5.74, 6) is 0.0545. The highest BCUT2D eigenvalue weighted by Gasteiger charge is 2.28. The molecule has 1 saturated heterocycles. The van der Waals surface area contributed by atoms with E-state index in [1.807, 2.05) is 42.5 Å². The quantitative estimate of drug-likeness (QED) is 0.701. The van der Waals surface area contributed by atoms with Crippen LogP contribution in [0.25, 0.3) is 10.3 Å². The molecule has 0 bridgehead atoms. The number of hydrogen-bond acceptors (Lipinski definition) is 6. The highest BCUT2D eigenvalue weighted by atomic mass is 32.2. The number of nitrogens with zero attached hydrogens (tertiary/aromatic N) is 4. The molecular weight excluding hydrogens is 356 g/mol. The number of pyridine rings is 1. The highest BCUT2D eigenvalue weighted by molar-refractivity contribution is 7.88. The number of rotatable bonds is 4. The standard InChI is InChI=1S/C17H18N4O2S2/c22-25(23,13-14-5-2-1-3-6-14)21-11-9-20(10-12-21)17-19-15-7-4-8-18-16(15)24-17/h1-8H,9-13H2. The second-order valence-electron chi connectivity index (χ2n) is 5.95. The van der Waals surface area contributed by atoms with Crippen molar-refractivity contribution >= 4 is 36.8 Å². The third-order valence-electron chi connectivity index (χ3n) is 4.25. The fourth-order valence-corrected chi connectivity index (χ4v) is 5.40. The average molecular weight is 374 g/mol. The van der Waals surface area contributed by atoms with Crippen LogP contribution in [0.4, 0.5) is 5.13 Å². The van der Waals surface area contributed by atoms with Gasteiger partial charge in [-0.2, -0.15) is 4.31 Å². The van der Waals surface area contributed by atoms with Crippen LogP contribution < -0.4 is 4.90 Å². The van der Waals surface area contributed by atoms with E-state index in [0.717, 1.165) is 21.0 Å². The van der Waals surface area contributed by atoms with Gasteiger partial charge in [-0.3, -0.25) is 0 Å². The van der Waals surface area contributed by atoms with Gasteiger partial charge in [0, 0.05) is 32.4 Å². The molecule has 1 aliphatic heterocycles. The number of anilines is 1. The van der Waals surface area contributed by atoms with E-state index in [1.54, 1.807) is 21.8 Å². The van der Waals surface area contributed by atoms with Crippen molar-refractivity contribution in [2.24, 2.45) is 0 Å². The van der Waals surface area contributed by atoms with Gasteiger partial charge in [-0.1, -0.05) is 41.7 Å². The van der Waals surface area contributed by atoms with Crippen LogP contribution in [0.5, 0.6) is 0 Å². The number of piperazine rings is 1. The lowest BCUT2D eigenvalue weighted by molar-refractivity contribution is 0.384. The van der Waals surface area contributed by atoms with Gasteiger partial charge in [0.2, 0.25) is 10.0 Å². The number of sulfonamides is 1. The zero-order chi connectivity index (χ0) is 17.3. The molecule has 0 aliphatic carbocycles. The van der Waals surface area contributed by atoms with Gasteiger partial charge in [0.1, 0.15) is 10.3 Å². The Morgan fingerprint density at radius 1 is 1.00 bits per heavy atom. The third-order valence-corrected chi connectivity index (χ3v) is 7.14. The molecular formula is C17H18N4O2S2. The third kappa shape index (κ3) is 3.51. The van der Waals surface area contributed by atoms with Gasteiger partial charge in [0.25, 0.3) is 0 Å². The smallest absolute Gasteiger partial charge is 0.218 e. The minimum absolute atomic E-state index is 0.0545. The highest BCUT2D eigenvalue weighted by Crippen LogP contribution is 2.28. The first-order chi connectivity index (χ1) is 12.1. The Morgan fingerprint density at radius 2 is 1.76 bits per heavy atom. The Labute approximate surface area is 150 Å². The van der Waals surface area contributed by atoms with Gasteiger partial charge in [-0.05, 0) is 17.7 Å². The molecule has 4 rings (SSSR count). The summed E-state index contributed by atoms with van der Waals surface area (Å²) in [6, 6.07) is 13.1. The molecule has 3 heterocycles. The zero-order valence-corrected chi connectivity index (χ0v) is 15.2. The summed E-state index contributed by atoms with van der Waals surface area (Å²) in [7, 11) is -3.29. The van der Waals surface area contributed by atoms with E-state index >= 15 is 0 Å². The first-order valence-corrected chi connectivity index (χ1v) is 10.5. The molecule has 8 heteroatoms. The normalized spacial score (nSPS) is 16.4.